The fraction of sp³-hybridized carbons (Fsp3) is 0.385. The summed E-state index contributed by atoms with van der Waals surface area (Å²) in [6.07, 6.45) is 1.01. The Labute approximate surface area is 109 Å². The summed E-state index contributed by atoms with van der Waals surface area (Å²) >= 11 is 0. The maximum absolute atomic E-state index is 13.2. The molecule has 1 aliphatic rings. The van der Waals surface area contributed by atoms with Gasteiger partial charge in [0.05, 0.1) is 17.1 Å². The number of benzene rings is 1. The Morgan fingerprint density at radius 1 is 1.58 bits per heavy atom. The molecule has 2 aromatic rings. The number of hydrogen-bond acceptors (Lipinski definition) is 2. The molecule has 0 unspecified atom stereocenters. The predicted molar refractivity (Wildman–Crippen MR) is 67.5 cm³/mol. The van der Waals surface area contributed by atoms with E-state index in [0.717, 1.165) is 18.4 Å². The van der Waals surface area contributed by atoms with Crippen molar-refractivity contribution in [1.82, 2.24) is 14.9 Å². The van der Waals surface area contributed by atoms with Crippen LogP contribution in [-0.4, -0.2) is 20.8 Å². The van der Waals surface area contributed by atoms with E-state index in [4.69, 9.17) is 5.11 Å². The fourth-order valence-corrected chi connectivity index (χ4v) is 2.36. The molecule has 1 saturated carbocycles. The SMILES string of the molecule is C[C@H](NC(=O)O)c1nc2cc(F)ccc2n1C1CC1. The standard InChI is InChI=1S/C13H14FN3O2/c1-7(15-13(18)19)12-16-10-6-8(14)2-5-11(10)17(12)9-3-4-9/h2,5-7,9,15H,3-4H2,1H3,(H,18,19)/t7-/m0/s1. The average Bonchev–Trinajstić information content (AvgIpc) is 3.09. The number of amides is 1. The maximum Gasteiger partial charge on any atom is 0.405 e. The number of nitrogens with zero attached hydrogens (tertiary/aromatic N) is 2. The summed E-state index contributed by atoms with van der Waals surface area (Å²) < 4.78 is 15.3. The van der Waals surface area contributed by atoms with Crippen molar-refractivity contribution in [2.45, 2.75) is 31.8 Å². The number of carbonyl (C=O) groups is 1. The van der Waals surface area contributed by atoms with Crippen molar-refractivity contribution in [3.63, 3.8) is 0 Å². The number of nitrogens with one attached hydrogen (secondary N) is 1. The molecule has 1 heterocycles. The predicted octanol–water partition coefficient (Wildman–Crippen LogP) is 2.84. The van der Waals surface area contributed by atoms with Gasteiger partial charge in [0, 0.05) is 12.1 Å². The van der Waals surface area contributed by atoms with Gasteiger partial charge in [0.25, 0.3) is 0 Å². The van der Waals surface area contributed by atoms with Crippen molar-refractivity contribution in [3.8, 4) is 0 Å². The third kappa shape index (κ3) is 2.14. The van der Waals surface area contributed by atoms with Gasteiger partial charge in [-0.2, -0.15) is 0 Å². The smallest absolute Gasteiger partial charge is 0.405 e. The Balaban J connectivity index is 2.11. The fourth-order valence-electron chi connectivity index (χ4n) is 2.36. The zero-order valence-corrected chi connectivity index (χ0v) is 10.4. The molecule has 1 aromatic carbocycles. The molecule has 0 aliphatic heterocycles. The molecule has 100 valence electrons. The van der Waals surface area contributed by atoms with Gasteiger partial charge in [-0.3, -0.25) is 0 Å². The van der Waals surface area contributed by atoms with Gasteiger partial charge in [-0.05, 0) is 31.9 Å². The lowest BCUT2D eigenvalue weighted by atomic mass is 10.3. The summed E-state index contributed by atoms with van der Waals surface area (Å²) in [7, 11) is 0. The van der Waals surface area contributed by atoms with E-state index in [1.165, 1.54) is 12.1 Å². The van der Waals surface area contributed by atoms with Crippen LogP contribution in [-0.2, 0) is 0 Å². The second-order valence-electron chi connectivity index (χ2n) is 4.88. The zero-order valence-electron chi connectivity index (χ0n) is 10.4. The highest BCUT2D eigenvalue weighted by Crippen LogP contribution is 2.39. The van der Waals surface area contributed by atoms with Crippen LogP contribution < -0.4 is 5.32 Å². The molecule has 2 N–H and O–H groups in total. The number of imidazole rings is 1. The average molecular weight is 263 g/mol. The van der Waals surface area contributed by atoms with Crippen LogP contribution >= 0.6 is 0 Å². The number of carboxylic acid groups (broad SMARTS) is 1. The molecule has 6 heteroatoms. The summed E-state index contributed by atoms with van der Waals surface area (Å²) in [5.41, 5.74) is 1.43. The van der Waals surface area contributed by atoms with Crippen LogP contribution in [0.4, 0.5) is 9.18 Å². The van der Waals surface area contributed by atoms with Gasteiger partial charge in [0.15, 0.2) is 0 Å². The van der Waals surface area contributed by atoms with Crippen molar-refractivity contribution in [2.24, 2.45) is 0 Å². The number of aromatic nitrogens is 2. The van der Waals surface area contributed by atoms with Crippen molar-refractivity contribution in [1.29, 1.82) is 0 Å². The first-order valence-electron chi connectivity index (χ1n) is 6.23. The van der Waals surface area contributed by atoms with Gasteiger partial charge < -0.3 is 15.0 Å². The quantitative estimate of drug-likeness (QED) is 0.894. The van der Waals surface area contributed by atoms with E-state index >= 15 is 0 Å². The molecule has 1 aliphatic carbocycles. The van der Waals surface area contributed by atoms with Crippen molar-refractivity contribution >= 4 is 17.1 Å². The molecule has 1 atom stereocenters. The van der Waals surface area contributed by atoms with Crippen molar-refractivity contribution in [3.05, 3.63) is 29.8 Å². The highest BCUT2D eigenvalue weighted by molar-refractivity contribution is 5.77. The van der Waals surface area contributed by atoms with Gasteiger partial charge in [-0.15, -0.1) is 0 Å². The monoisotopic (exact) mass is 263 g/mol. The lowest BCUT2D eigenvalue weighted by Gasteiger charge is -2.13. The molecule has 0 radical (unpaired) electrons. The van der Waals surface area contributed by atoms with E-state index in [0.29, 0.717) is 17.4 Å². The Morgan fingerprint density at radius 3 is 2.95 bits per heavy atom. The first kappa shape index (κ1) is 12.0. The third-order valence-electron chi connectivity index (χ3n) is 3.32. The first-order chi connectivity index (χ1) is 9.06. The third-order valence-corrected chi connectivity index (χ3v) is 3.32. The van der Waals surface area contributed by atoms with E-state index < -0.39 is 12.1 Å². The molecule has 5 nitrogen and oxygen atoms in total. The number of rotatable bonds is 3. The van der Waals surface area contributed by atoms with Crippen LogP contribution in [0.5, 0.6) is 0 Å². The van der Waals surface area contributed by atoms with Gasteiger partial charge in [0.2, 0.25) is 0 Å². The Morgan fingerprint density at radius 2 is 2.32 bits per heavy atom. The van der Waals surface area contributed by atoms with Crippen LogP contribution in [0.1, 0.15) is 37.7 Å². The Kier molecular flexibility index (Phi) is 2.66. The van der Waals surface area contributed by atoms with Gasteiger partial charge >= 0.3 is 6.09 Å². The molecular formula is C13H14FN3O2. The van der Waals surface area contributed by atoms with E-state index in [1.54, 1.807) is 13.0 Å². The van der Waals surface area contributed by atoms with E-state index in [-0.39, 0.29) is 5.82 Å². The largest absolute Gasteiger partial charge is 0.465 e. The van der Waals surface area contributed by atoms with E-state index in [1.807, 2.05) is 4.57 Å². The number of fused-ring (bicyclic) bond motifs is 1. The Bertz CT molecular complexity index is 649. The van der Waals surface area contributed by atoms with Crippen LogP contribution in [0.15, 0.2) is 18.2 Å². The van der Waals surface area contributed by atoms with Gasteiger partial charge in [0.1, 0.15) is 11.6 Å². The topological polar surface area (TPSA) is 67.2 Å². The molecule has 1 aromatic heterocycles. The summed E-state index contributed by atoms with van der Waals surface area (Å²) in [6.45, 7) is 1.74. The molecule has 19 heavy (non-hydrogen) atoms. The molecular weight excluding hydrogens is 249 g/mol. The molecule has 1 amide bonds. The second kappa shape index (κ2) is 4.22. The minimum absolute atomic E-state index is 0.335. The van der Waals surface area contributed by atoms with Gasteiger partial charge in [-0.25, -0.2) is 14.2 Å². The second-order valence-corrected chi connectivity index (χ2v) is 4.88. The zero-order chi connectivity index (χ0) is 13.6. The maximum atomic E-state index is 13.2. The highest BCUT2D eigenvalue weighted by atomic mass is 19.1. The first-order valence-corrected chi connectivity index (χ1v) is 6.23. The molecule has 1 fully saturated rings. The lowest BCUT2D eigenvalue weighted by molar-refractivity contribution is 0.190. The minimum atomic E-state index is -1.09. The molecule has 0 bridgehead atoms. The molecule has 0 saturated heterocycles. The van der Waals surface area contributed by atoms with Crippen LogP contribution in [0.2, 0.25) is 0 Å². The summed E-state index contributed by atoms with van der Waals surface area (Å²) in [5, 5.41) is 11.2. The van der Waals surface area contributed by atoms with Crippen molar-refractivity contribution in [2.75, 3.05) is 0 Å². The lowest BCUT2D eigenvalue weighted by Crippen LogP contribution is -2.26. The van der Waals surface area contributed by atoms with Crippen LogP contribution in [0.3, 0.4) is 0 Å². The Hall–Kier alpha value is -2.11. The number of hydrogen-bond donors (Lipinski definition) is 2. The van der Waals surface area contributed by atoms with E-state index in [9.17, 15) is 9.18 Å². The summed E-state index contributed by atoms with van der Waals surface area (Å²) in [5.74, 6) is 0.309. The molecule has 3 rings (SSSR count). The normalized spacial score (nSPS) is 16.5. The van der Waals surface area contributed by atoms with E-state index in [2.05, 4.69) is 10.3 Å². The molecule has 0 spiro atoms. The van der Waals surface area contributed by atoms with Crippen molar-refractivity contribution < 1.29 is 14.3 Å². The van der Waals surface area contributed by atoms with Gasteiger partial charge in [-0.1, -0.05) is 0 Å². The summed E-state index contributed by atoms with van der Waals surface area (Å²) in [4.78, 5) is 15.1. The number of halogens is 1. The van der Waals surface area contributed by atoms with Crippen LogP contribution in [0.25, 0.3) is 11.0 Å². The van der Waals surface area contributed by atoms with Crippen LogP contribution in [0, 0.1) is 5.82 Å². The highest BCUT2D eigenvalue weighted by Gasteiger charge is 2.30. The minimum Gasteiger partial charge on any atom is -0.465 e. The summed E-state index contributed by atoms with van der Waals surface area (Å²) in [6, 6.07) is 4.41.